The molecule has 1 N–H and O–H groups in total. The van der Waals surface area contributed by atoms with Crippen molar-refractivity contribution in [3.63, 3.8) is 0 Å². The molecule has 2 aromatic carbocycles. The maximum atomic E-state index is 13.3. The molecule has 0 fully saturated rings. The molecule has 0 unspecified atom stereocenters. The van der Waals surface area contributed by atoms with E-state index in [1.807, 2.05) is 72.8 Å². The highest BCUT2D eigenvalue weighted by Crippen LogP contribution is 2.21. The number of benzene rings is 2. The number of rotatable bonds is 9. The van der Waals surface area contributed by atoms with Gasteiger partial charge in [0, 0.05) is 24.4 Å². The van der Waals surface area contributed by atoms with Gasteiger partial charge in [0.2, 0.25) is 0 Å². The van der Waals surface area contributed by atoms with Crippen LogP contribution in [0.25, 0.3) is 23.2 Å². The van der Waals surface area contributed by atoms with E-state index in [1.54, 1.807) is 24.4 Å². The summed E-state index contributed by atoms with van der Waals surface area (Å²) in [6, 6.07) is 26.1. The fourth-order valence-corrected chi connectivity index (χ4v) is 3.51. The molecule has 0 saturated carbocycles. The van der Waals surface area contributed by atoms with Crippen LogP contribution in [0.4, 0.5) is 0 Å². The summed E-state index contributed by atoms with van der Waals surface area (Å²) in [4.78, 5) is 17.6. The van der Waals surface area contributed by atoms with Gasteiger partial charge in [-0.25, -0.2) is 0 Å². The summed E-state index contributed by atoms with van der Waals surface area (Å²) in [5, 5.41) is 14.9. The van der Waals surface area contributed by atoms with Crippen LogP contribution in [0.15, 0.2) is 102 Å². The summed E-state index contributed by atoms with van der Waals surface area (Å²) in [6.07, 6.45) is 4.87. The quantitative estimate of drug-likeness (QED) is 0.316. The van der Waals surface area contributed by atoms with Crippen molar-refractivity contribution in [3.05, 3.63) is 114 Å². The number of aromatic nitrogens is 5. The van der Waals surface area contributed by atoms with Crippen LogP contribution < -0.4 is 10.1 Å². The van der Waals surface area contributed by atoms with E-state index < -0.39 is 0 Å². The van der Waals surface area contributed by atoms with Gasteiger partial charge in [-0.2, -0.15) is 4.68 Å². The van der Waals surface area contributed by atoms with E-state index in [0.717, 1.165) is 16.8 Å². The van der Waals surface area contributed by atoms with Crippen molar-refractivity contribution in [2.75, 3.05) is 0 Å². The molecule has 5 aromatic rings. The van der Waals surface area contributed by atoms with E-state index in [9.17, 15) is 4.79 Å². The first-order valence-electron chi connectivity index (χ1n) is 11.3. The van der Waals surface area contributed by atoms with Gasteiger partial charge in [0.25, 0.3) is 5.91 Å². The molecular weight excluding hydrogens is 456 g/mol. The molecule has 0 aliphatic rings. The maximum absolute atomic E-state index is 13.3. The minimum Gasteiger partial charge on any atom is -0.487 e. The molecule has 0 radical (unpaired) electrons. The van der Waals surface area contributed by atoms with Crippen molar-refractivity contribution in [3.8, 4) is 17.1 Å². The minimum atomic E-state index is -0.365. The highest BCUT2D eigenvalue weighted by Gasteiger charge is 2.19. The van der Waals surface area contributed by atoms with Gasteiger partial charge in [0.15, 0.2) is 5.82 Å². The second-order valence-corrected chi connectivity index (χ2v) is 7.77. The Labute approximate surface area is 207 Å². The van der Waals surface area contributed by atoms with Crippen molar-refractivity contribution in [2.24, 2.45) is 0 Å². The van der Waals surface area contributed by atoms with Crippen LogP contribution in [0, 0.1) is 0 Å². The van der Waals surface area contributed by atoms with E-state index in [0.29, 0.717) is 23.9 Å². The van der Waals surface area contributed by atoms with Gasteiger partial charge in [0.1, 0.15) is 23.8 Å². The van der Waals surface area contributed by atoms with Gasteiger partial charge in [-0.15, -0.1) is 5.10 Å². The lowest BCUT2D eigenvalue weighted by Crippen LogP contribution is -2.27. The first kappa shape index (κ1) is 22.7. The lowest BCUT2D eigenvalue weighted by Gasteiger charge is -2.11. The molecule has 0 saturated heterocycles. The Kier molecular flexibility index (Phi) is 6.89. The zero-order valence-electron chi connectivity index (χ0n) is 19.2. The normalized spacial score (nSPS) is 11.3. The lowest BCUT2D eigenvalue weighted by molar-refractivity contribution is -0.116. The highest BCUT2D eigenvalue weighted by atomic mass is 16.5. The molecule has 0 aliphatic heterocycles. The first-order chi connectivity index (χ1) is 17.8. The Hall–Kier alpha value is -5.05. The van der Waals surface area contributed by atoms with Crippen molar-refractivity contribution in [1.82, 2.24) is 30.5 Å². The molecule has 9 nitrogen and oxygen atoms in total. The van der Waals surface area contributed by atoms with Crippen molar-refractivity contribution in [1.29, 1.82) is 0 Å². The van der Waals surface area contributed by atoms with Gasteiger partial charge in [-0.3, -0.25) is 9.78 Å². The Morgan fingerprint density at radius 3 is 2.69 bits per heavy atom. The summed E-state index contributed by atoms with van der Waals surface area (Å²) >= 11 is 0. The zero-order chi connectivity index (χ0) is 24.6. The number of nitrogens with zero attached hydrogens (tertiary/aromatic N) is 5. The number of carbonyl (C=O) groups is 1. The number of hydrogen-bond donors (Lipinski definition) is 1. The summed E-state index contributed by atoms with van der Waals surface area (Å²) in [6.45, 7) is 0.631. The molecule has 36 heavy (non-hydrogen) atoms. The van der Waals surface area contributed by atoms with Crippen molar-refractivity contribution in [2.45, 2.75) is 13.2 Å². The molecule has 178 valence electrons. The summed E-state index contributed by atoms with van der Waals surface area (Å²) < 4.78 is 12.7. The molecule has 3 aromatic heterocycles. The number of nitrogens with one attached hydrogen (secondary N) is 1. The van der Waals surface area contributed by atoms with Crippen molar-refractivity contribution < 1.29 is 13.9 Å². The molecule has 5 rings (SSSR count). The number of amides is 1. The molecule has 0 aliphatic carbocycles. The minimum absolute atomic E-state index is 0.219. The largest absolute Gasteiger partial charge is 0.487 e. The standard InChI is InChI=1S/C27H22N6O3/c34-27(29-18-20-8-6-12-23(16-20)36-19-22-11-4-5-14-28-22)25(17-24-13-7-15-35-24)33-26(30-31-32-33)21-9-2-1-3-10-21/h1-17H,18-19H2,(H,29,34)/b25-17+. The Balaban J connectivity index is 1.33. The molecule has 0 atom stereocenters. The zero-order valence-corrected chi connectivity index (χ0v) is 19.2. The van der Waals surface area contributed by atoms with Crippen LogP contribution in [0.2, 0.25) is 0 Å². The molecular formula is C27H22N6O3. The third-order valence-electron chi connectivity index (χ3n) is 5.25. The number of ether oxygens (including phenoxy) is 1. The number of furan rings is 1. The Morgan fingerprint density at radius 1 is 1.00 bits per heavy atom. The lowest BCUT2D eigenvalue weighted by atomic mass is 10.2. The Morgan fingerprint density at radius 2 is 1.89 bits per heavy atom. The van der Waals surface area contributed by atoms with Crippen LogP contribution in [-0.2, 0) is 17.9 Å². The molecule has 3 heterocycles. The number of carbonyl (C=O) groups excluding carboxylic acids is 1. The van der Waals surface area contributed by atoms with E-state index in [2.05, 4.69) is 25.8 Å². The third-order valence-corrected chi connectivity index (χ3v) is 5.25. The van der Waals surface area contributed by atoms with E-state index in [1.165, 1.54) is 10.9 Å². The number of hydrogen-bond acceptors (Lipinski definition) is 7. The van der Waals surface area contributed by atoms with Crippen LogP contribution in [0.3, 0.4) is 0 Å². The van der Waals surface area contributed by atoms with E-state index >= 15 is 0 Å². The topological polar surface area (TPSA) is 108 Å². The second kappa shape index (κ2) is 10.9. The Bertz CT molecular complexity index is 1450. The molecule has 9 heteroatoms. The third kappa shape index (κ3) is 5.53. The average Bonchev–Trinajstić information content (AvgIpc) is 3.63. The first-order valence-corrected chi connectivity index (χ1v) is 11.3. The van der Waals surface area contributed by atoms with Crippen LogP contribution >= 0.6 is 0 Å². The van der Waals surface area contributed by atoms with Gasteiger partial charge < -0.3 is 14.5 Å². The number of pyridine rings is 1. The predicted octanol–water partition coefficient (Wildman–Crippen LogP) is 4.22. The van der Waals surface area contributed by atoms with Gasteiger partial charge in [-0.1, -0.05) is 48.5 Å². The average molecular weight is 479 g/mol. The molecule has 1 amide bonds. The maximum Gasteiger partial charge on any atom is 0.270 e. The number of tetrazole rings is 1. The van der Waals surface area contributed by atoms with Crippen LogP contribution in [0.1, 0.15) is 17.0 Å². The van der Waals surface area contributed by atoms with Crippen LogP contribution in [0.5, 0.6) is 5.75 Å². The molecule has 0 bridgehead atoms. The van der Waals surface area contributed by atoms with E-state index in [4.69, 9.17) is 9.15 Å². The van der Waals surface area contributed by atoms with Gasteiger partial charge in [0.05, 0.1) is 12.0 Å². The molecule has 0 spiro atoms. The fourth-order valence-electron chi connectivity index (χ4n) is 3.51. The summed E-state index contributed by atoms with van der Waals surface area (Å²) in [5.74, 6) is 1.26. The summed E-state index contributed by atoms with van der Waals surface area (Å²) in [7, 11) is 0. The smallest absolute Gasteiger partial charge is 0.270 e. The highest BCUT2D eigenvalue weighted by molar-refractivity contribution is 6.18. The SMILES string of the molecule is O=C(NCc1cccc(OCc2ccccn2)c1)/C(=C\c1ccco1)n1nnnc1-c1ccccc1. The monoisotopic (exact) mass is 478 g/mol. The fraction of sp³-hybridized carbons (Fsp3) is 0.0741. The van der Waals surface area contributed by atoms with Crippen molar-refractivity contribution >= 4 is 17.7 Å². The predicted molar refractivity (Wildman–Crippen MR) is 133 cm³/mol. The second-order valence-electron chi connectivity index (χ2n) is 7.77. The van der Waals surface area contributed by atoms with E-state index in [-0.39, 0.29) is 18.1 Å². The van der Waals surface area contributed by atoms with Crippen LogP contribution in [-0.4, -0.2) is 31.1 Å². The van der Waals surface area contributed by atoms with Gasteiger partial charge in [-0.05, 0) is 52.4 Å². The summed E-state index contributed by atoms with van der Waals surface area (Å²) in [5.41, 5.74) is 2.70. The van der Waals surface area contributed by atoms with Gasteiger partial charge >= 0.3 is 0 Å².